The molecule has 82 valence electrons. The lowest BCUT2D eigenvalue weighted by molar-refractivity contribution is -0.0342. The molecule has 0 aromatic carbocycles. The van der Waals surface area contributed by atoms with Crippen LogP contribution in [0.2, 0.25) is 0 Å². The molecule has 2 aliphatic heterocycles. The second-order valence-corrected chi connectivity index (χ2v) is 7.43. The first-order chi connectivity index (χ1) is 6.29. The third kappa shape index (κ3) is 1.81. The van der Waals surface area contributed by atoms with E-state index in [1.165, 1.54) is 0 Å². The van der Waals surface area contributed by atoms with Crippen LogP contribution in [0.3, 0.4) is 0 Å². The van der Waals surface area contributed by atoms with E-state index in [0.29, 0.717) is 0 Å². The first-order valence-corrected chi connectivity index (χ1v) is 6.74. The minimum atomic E-state index is -2.99. The van der Waals surface area contributed by atoms with Crippen molar-refractivity contribution >= 4 is 9.84 Å². The number of hydrogen-bond acceptors (Lipinski definition) is 4. The molecule has 0 aromatic heterocycles. The van der Waals surface area contributed by atoms with Crippen LogP contribution in [0.25, 0.3) is 0 Å². The average molecular weight is 219 g/mol. The minimum absolute atomic E-state index is 0.0609. The molecule has 5 heteroatoms. The minimum Gasteiger partial charge on any atom is -0.390 e. The van der Waals surface area contributed by atoms with Crippen LogP contribution >= 0.6 is 0 Å². The van der Waals surface area contributed by atoms with Crippen molar-refractivity contribution in [2.45, 2.75) is 26.0 Å². The van der Waals surface area contributed by atoms with Crippen LogP contribution < -0.4 is 0 Å². The van der Waals surface area contributed by atoms with Crippen molar-refractivity contribution in [3.8, 4) is 0 Å². The fraction of sp³-hybridized carbons (Fsp3) is 1.00. The van der Waals surface area contributed by atoms with E-state index in [0.717, 1.165) is 13.1 Å². The standard InChI is InChI=1S/C9H17NO3S/c1-9(2)5-10(6-9)7-3-14(12,13)4-8(7)11/h7-8,11H,3-6H2,1-2H3. The van der Waals surface area contributed by atoms with Gasteiger partial charge in [-0.05, 0) is 5.41 Å². The molecule has 2 rings (SSSR count). The summed E-state index contributed by atoms with van der Waals surface area (Å²) < 4.78 is 22.5. The zero-order valence-electron chi connectivity index (χ0n) is 8.60. The van der Waals surface area contributed by atoms with E-state index in [2.05, 4.69) is 18.7 Å². The van der Waals surface area contributed by atoms with Gasteiger partial charge in [0, 0.05) is 13.1 Å². The van der Waals surface area contributed by atoms with Crippen LogP contribution in [0.15, 0.2) is 0 Å². The summed E-state index contributed by atoms with van der Waals surface area (Å²) in [7, 11) is -2.99. The molecule has 0 amide bonds. The molecular weight excluding hydrogens is 202 g/mol. The van der Waals surface area contributed by atoms with Crippen molar-refractivity contribution < 1.29 is 13.5 Å². The van der Waals surface area contributed by atoms with E-state index in [9.17, 15) is 13.5 Å². The maximum absolute atomic E-state index is 11.3. The molecule has 2 heterocycles. The van der Waals surface area contributed by atoms with Crippen LogP contribution in [-0.2, 0) is 9.84 Å². The Morgan fingerprint density at radius 3 is 2.21 bits per heavy atom. The normalized spacial score (nSPS) is 40.8. The molecule has 14 heavy (non-hydrogen) atoms. The molecular formula is C9H17NO3S. The van der Waals surface area contributed by atoms with Crippen molar-refractivity contribution in [3.63, 3.8) is 0 Å². The lowest BCUT2D eigenvalue weighted by Crippen LogP contribution is -2.60. The van der Waals surface area contributed by atoms with E-state index < -0.39 is 15.9 Å². The second-order valence-electron chi connectivity index (χ2n) is 5.28. The van der Waals surface area contributed by atoms with Crippen molar-refractivity contribution in [1.82, 2.24) is 4.90 Å². The van der Waals surface area contributed by atoms with Crippen molar-refractivity contribution in [3.05, 3.63) is 0 Å². The quantitative estimate of drug-likeness (QED) is 0.645. The largest absolute Gasteiger partial charge is 0.390 e. The lowest BCUT2D eigenvalue weighted by atomic mass is 9.83. The molecule has 0 aromatic rings. The summed E-state index contributed by atoms with van der Waals surface area (Å²) in [6.07, 6.45) is -0.684. The monoisotopic (exact) mass is 219 g/mol. The molecule has 2 unspecified atom stereocenters. The smallest absolute Gasteiger partial charge is 0.154 e. The number of sulfone groups is 1. The Morgan fingerprint density at radius 2 is 1.86 bits per heavy atom. The van der Waals surface area contributed by atoms with Gasteiger partial charge in [-0.3, -0.25) is 4.90 Å². The van der Waals surface area contributed by atoms with E-state index in [4.69, 9.17) is 0 Å². The van der Waals surface area contributed by atoms with Gasteiger partial charge >= 0.3 is 0 Å². The Bertz CT molecular complexity index is 328. The Labute approximate surface area is 84.8 Å². The molecule has 0 saturated carbocycles. The molecule has 0 spiro atoms. The van der Waals surface area contributed by atoms with Crippen LogP contribution in [0.5, 0.6) is 0 Å². The maximum Gasteiger partial charge on any atom is 0.154 e. The maximum atomic E-state index is 11.3. The highest BCUT2D eigenvalue weighted by molar-refractivity contribution is 7.91. The number of hydrogen-bond donors (Lipinski definition) is 1. The topological polar surface area (TPSA) is 57.6 Å². The molecule has 2 atom stereocenters. The first kappa shape index (κ1) is 10.4. The second kappa shape index (κ2) is 2.93. The van der Waals surface area contributed by atoms with Gasteiger partial charge in [0.05, 0.1) is 23.7 Å². The highest BCUT2D eigenvalue weighted by Crippen LogP contribution is 2.33. The number of likely N-dealkylation sites (tertiary alicyclic amines) is 1. The van der Waals surface area contributed by atoms with Crippen molar-refractivity contribution in [2.24, 2.45) is 5.41 Å². The zero-order valence-corrected chi connectivity index (χ0v) is 9.42. The van der Waals surface area contributed by atoms with Crippen LogP contribution in [0.1, 0.15) is 13.8 Å². The van der Waals surface area contributed by atoms with Crippen LogP contribution in [-0.4, -0.2) is 55.2 Å². The summed E-state index contributed by atoms with van der Waals surface area (Å²) >= 11 is 0. The molecule has 2 aliphatic rings. The SMILES string of the molecule is CC1(C)CN(C2CS(=O)(=O)CC2O)C1. The highest BCUT2D eigenvalue weighted by atomic mass is 32.2. The summed E-state index contributed by atoms with van der Waals surface area (Å²) in [4.78, 5) is 2.08. The predicted octanol–water partition coefficient (Wildman–Crippen LogP) is -0.514. The number of rotatable bonds is 1. The Hall–Kier alpha value is -0.130. The lowest BCUT2D eigenvalue weighted by Gasteiger charge is -2.49. The third-order valence-corrected chi connectivity index (χ3v) is 4.72. The summed E-state index contributed by atoms with van der Waals surface area (Å²) in [6, 6.07) is -0.159. The van der Waals surface area contributed by atoms with E-state index >= 15 is 0 Å². The van der Waals surface area contributed by atoms with Gasteiger partial charge < -0.3 is 5.11 Å². The van der Waals surface area contributed by atoms with Crippen LogP contribution in [0.4, 0.5) is 0 Å². The third-order valence-electron chi connectivity index (χ3n) is 3.02. The fourth-order valence-corrected chi connectivity index (χ4v) is 4.28. The summed E-state index contributed by atoms with van der Waals surface area (Å²) in [5, 5.41) is 9.61. The van der Waals surface area contributed by atoms with Gasteiger partial charge in [-0.25, -0.2) is 8.42 Å². The van der Waals surface area contributed by atoms with Gasteiger partial charge in [-0.1, -0.05) is 13.8 Å². The average Bonchev–Trinajstić information content (AvgIpc) is 2.19. The van der Waals surface area contributed by atoms with E-state index in [1.807, 2.05) is 0 Å². The Balaban J connectivity index is 2.01. The molecule has 0 bridgehead atoms. The molecule has 0 radical (unpaired) electrons. The highest BCUT2D eigenvalue weighted by Gasteiger charge is 2.46. The fourth-order valence-electron chi connectivity index (χ4n) is 2.45. The van der Waals surface area contributed by atoms with Crippen molar-refractivity contribution in [1.29, 1.82) is 0 Å². The molecule has 2 fully saturated rings. The van der Waals surface area contributed by atoms with Gasteiger partial charge in [0.1, 0.15) is 0 Å². The number of aliphatic hydroxyl groups is 1. The molecule has 1 N–H and O–H groups in total. The summed E-state index contributed by atoms with van der Waals surface area (Å²) in [6.45, 7) is 6.09. The summed E-state index contributed by atoms with van der Waals surface area (Å²) in [5.41, 5.74) is 0.284. The number of aliphatic hydroxyl groups excluding tert-OH is 1. The van der Waals surface area contributed by atoms with Gasteiger partial charge in [0.25, 0.3) is 0 Å². The van der Waals surface area contributed by atoms with Gasteiger partial charge in [0.2, 0.25) is 0 Å². The molecule has 2 saturated heterocycles. The van der Waals surface area contributed by atoms with Gasteiger partial charge in [-0.2, -0.15) is 0 Å². The Kier molecular flexibility index (Phi) is 2.18. The molecule has 4 nitrogen and oxygen atoms in total. The predicted molar refractivity (Wildman–Crippen MR) is 53.8 cm³/mol. The molecule has 0 aliphatic carbocycles. The van der Waals surface area contributed by atoms with E-state index in [-0.39, 0.29) is 23.0 Å². The van der Waals surface area contributed by atoms with Crippen LogP contribution in [0, 0.1) is 5.41 Å². The Morgan fingerprint density at radius 1 is 1.29 bits per heavy atom. The first-order valence-electron chi connectivity index (χ1n) is 4.92. The van der Waals surface area contributed by atoms with Gasteiger partial charge in [0.15, 0.2) is 9.84 Å². The van der Waals surface area contributed by atoms with Gasteiger partial charge in [-0.15, -0.1) is 0 Å². The van der Waals surface area contributed by atoms with E-state index in [1.54, 1.807) is 0 Å². The zero-order chi connectivity index (χ0) is 10.6. The summed E-state index contributed by atoms with van der Waals surface area (Å²) in [5.74, 6) is 0.0683. The number of nitrogens with zero attached hydrogens (tertiary/aromatic N) is 1. The van der Waals surface area contributed by atoms with Crippen molar-refractivity contribution in [2.75, 3.05) is 24.6 Å².